The highest BCUT2D eigenvalue weighted by molar-refractivity contribution is 5.54. The lowest BCUT2D eigenvalue weighted by molar-refractivity contribution is 0.666. The van der Waals surface area contributed by atoms with Crippen molar-refractivity contribution in [1.82, 2.24) is 20.3 Å². The van der Waals surface area contributed by atoms with Gasteiger partial charge in [0.2, 0.25) is 0 Å². The molecule has 2 aromatic rings. The highest BCUT2D eigenvalue weighted by atomic mass is 15.0. The molecule has 0 atom stereocenters. The van der Waals surface area contributed by atoms with Crippen LogP contribution in [-0.2, 0) is 13.0 Å². The molecule has 0 aliphatic heterocycles. The number of pyridine rings is 1. The fourth-order valence-electron chi connectivity index (χ4n) is 1.91. The molecule has 0 fully saturated rings. The quantitative estimate of drug-likeness (QED) is 0.768. The van der Waals surface area contributed by atoms with Crippen LogP contribution in [0, 0.1) is 0 Å². The lowest BCUT2D eigenvalue weighted by Gasteiger charge is -2.03. The Labute approximate surface area is 108 Å². The average molecular weight is 244 g/mol. The second kappa shape index (κ2) is 6.31. The van der Waals surface area contributed by atoms with Gasteiger partial charge in [0.15, 0.2) is 5.82 Å². The topological polar surface area (TPSA) is 53.6 Å². The molecule has 4 nitrogen and oxygen atoms in total. The molecule has 18 heavy (non-hydrogen) atoms. The third kappa shape index (κ3) is 2.96. The summed E-state index contributed by atoms with van der Waals surface area (Å²) in [5, 5.41) is 3.35. The van der Waals surface area contributed by atoms with Gasteiger partial charge in [0, 0.05) is 18.4 Å². The van der Waals surface area contributed by atoms with Gasteiger partial charge in [0.25, 0.3) is 0 Å². The summed E-state index contributed by atoms with van der Waals surface area (Å²) in [6.45, 7) is 6.15. The van der Waals surface area contributed by atoms with Gasteiger partial charge in [-0.25, -0.2) is 4.98 Å². The smallest absolute Gasteiger partial charge is 0.156 e. The van der Waals surface area contributed by atoms with Crippen LogP contribution in [-0.4, -0.2) is 21.5 Å². The van der Waals surface area contributed by atoms with Gasteiger partial charge in [-0.05, 0) is 31.0 Å². The first-order valence-electron chi connectivity index (χ1n) is 6.54. The molecule has 96 valence electrons. The van der Waals surface area contributed by atoms with Crippen molar-refractivity contribution in [2.75, 3.05) is 6.54 Å². The summed E-state index contributed by atoms with van der Waals surface area (Å²) >= 11 is 0. The van der Waals surface area contributed by atoms with Crippen LogP contribution in [0.25, 0.3) is 11.5 Å². The van der Waals surface area contributed by atoms with Gasteiger partial charge >= 0.3 is 0 Å². The van der Waals surface area contributed by atoms with E-state index in [9.17, 15) is 0 Å². The van der Waals surface area contributed by atoms with Crippen molar-refractivity contribution in [2.45, 2.75) is 33.2 Å². The molecule has 0 spiro atoms. The van der Waals surface area contributed by atoms with E-state index in [2.05, 4.69) is 40.2 Å². The van der Waals surface area contributed by atoms with Crippen LogP contribution in [0.2, 0.25) is 0 Å². The highest BCUT2D eigenvalue weighted by Gasteiger charge is 2.08. The molecule has 0 aromatic carbocycles. The van der Waals surface area contributed by atoms with Crippen molar-refractivity contribution in [2.24, 2.45) is 0 Å². The number of imidazole rings is 1. The third-order valence-electron chi connectivity index (χ3n) is 2.87. The maximum atomic E-state index is 4.42. The van der Waals surface area contributed by atoms with E-state index in [4.69, 9.17) is 0 Å². The number of nitrogens with zero attached hydrogens (tertiary/aromatic N) is 2. The first-order chi connectivity index (χ1) is 8.85. The standard InChI is InChI=1S/C14H20N4/c1-3-7-15-9-12-10-17-14(18-12)13-11(4-2)6-5-8-16-13/h5-6,8,10,15H,3-4,7,9H2,1-2H3,(H,17,18). The van der Waals surface area contributed by atoms with Crippen LogP contribution >= 0.6 is 0 Å². The Kier molecular flexibility index (Phi) is 4.47. The molecule has 0 aliphatic carbocycles. The summed E-state index contributed by atoms with van der Waals surface area (Å²) < 4.78 is 0. The predicted octanol–water partition coefficient (Wildman–Crippen LogP) is 2.53. The normalized spacial score (nSPS) is 10.8. The summed E-state index contributed by atoms with van der Waals surface area (Å²) in [5.74, 6) is 0.862. The lowest BCUT2D eigenvalue weighted by atomic mass is 10.1. The highest BCUT2D eigenvalue weighted by Crippen LogP contribution is 2.18. The van der Waals surface area contributed by atoms with Crippen molar-refractivity contribution in [3.05, 3.63) is 35.8 Å². The molecule has 0 saturated heterocycles. The molecule has 0 saturated carbocycles. The number of nitrogens with one attached hydrogen (secondary N) is 2. The Morgan fingerprint density at radius 1 is 1.28 bits per heavy atom. The first-order valence-corrected chi connectivity index (χ1v) is 6.54. The molecule has 0 unspecified atom stereocenters. The van der Waals surface area contributed by atoms with E-state index in [-0.39, 0.29) is 0 Å². The minimum atomic E-state index is 0.829. The summed E-state index contributed by atoms with van der Waals surface area (Å²) in [6.07, 6.45) is 5.80. The number of hydrogen-bond acceptors (Lipinski definition) is 3. The molecule has 2 rings (SSSR count). The van der Waals surface area contributed by atoms with Gasteiger partial charge in [0.05, 0.1) is 6.20 Å². The summed E-state index contributed by atoms with van der Waals surface area (Å²) in [5.41, 5.74) is 3.29. The van der Waals surface area contributed by atoms with Gasteiger partial charge in [-0.3, -0.25) is 4.98 Å². The molecule has 2 heterocycles. The van der Waals surface area contributed by atoms with Gasteiger partial charge in [-0.2, -0.15) is 0 Å². The van der Waals surface area contributed by atoms with Crippen molar-refractivity contribution in [3.63, 3.8) is 0 Å². The van der Waals surface area contributed by atoms with Crippen LogP contribution in [0.15, 0.2) is 24.5 Å². The second-order valence-corrected chi connectivity index (χ2v) is 4.30. The summed E-state index contributed by atoms with van der Waals surface area (Å²) in [6, 6.07) is 4.06. The van der Waals surface area contributed by atoms with Crippen LogP contribution in [0.1, 0.15) is 31.5 Å². The maximum Gasteiger partial charge on any atom is 0.156 e. The fraction of sp³-hybridized carbons (Fsp3) is 0.429. The fourth-order valence-corrected chi connectivity index (χ4v) is 1.91. The van der Waals surface area contributed by atoms with Gasteiger partial charge in [-0.15, -0.1) is 0 Å². The predicted molar refractivity (Wildman–Crippen MR) is 73.2 cm³/mol. The van der Waals surface area contributed by atoms with Gasteiger partial charge in [0.1, 0.15) is 5.69 Å². The van der Waals surface area contributed by atoms with E-state index in [0.717, 1.165) is 43.1 Å². The van der Waals surface area contributed by atoms with Crippen LogP contribution in [0.5, 0.6) is 0 Å². The Bertz CT molecular complexity index is 490. The van der Waals surface area contributed by atoms with Gasteiger partial charge in [-0.1, -0.05) is 19.9 Å². The molecule has 0 aliphatic rings. The average Bonchev–Trinajstić information content (AvgIpc) is 2.88. The van der Waals surface area contributed by atoms with E-state index in [1.54, 1.807) is 0 Å². The molecule has 4 heteroatoms. The number of H-pyrrole nitrogens is 1. The van der Waals surface area contributed by atoms with Crippen molar-refractivity contribution >= 4 is 0 Å². The Balaban J connectivity index is 2.13. The first kappa shape index (κ1) is 12.8. The largest absolute Gasteiger partial charge is 0.339 e. The lowest BCUT2D eigenvalue weighted by Crippen LogP contribution is -2.13. The van der Waals surface area contributed by atoms with E-state index in [1.165, 1.54) is 5.56 Å². The maximum absolute atomic E-state index is 4.42. The van der Waals surface area contributed by atoms with Crippen LogP contribution in [0.3, 0.4) is 0 Å². The number of hydrogen-bond donors (Lipinski definition) is 2. The van der Waals surface area contributed by atoms with E-state index in [1.807, 2.05) is 18.5 Å². The monoisotopic (exact) mass is 244 g/mol. The van der Waals surface area contributed by atoms with Crippen LogP contribution in [0.4, 0.5) is 0 Å². The molecular weight excluding hydrogens is 224 g/mol. The third-order valence-corrected chi connectivity index (χ3v) is 2.87. The Morgan fingerprint density at radius 3 is 2.94 bits per heavy atom. The minimum Gasteiger partial charge on any atom is -0.339 e. The Hall–Kier alpha value is -1.68. The molecule has 0 amide bonds. The summed E-state index contributed by atoms with van der Waals surface area (Å²) in [7, 11) is 0. The van der Waals surface area contributed by atoms with Crippen molar-refractivity contribution in [3.8, 4) is 11.5 Å². The molecular formula is C14H20N4. The number of aromatic amines is 1. The zero-order valence-corrected chi connectivity index (χ0v) is 11.0. The van der Waals surface area contributed by atoms with E-state index < -0.39 is 0 Å². The SMILES string of the molecule is CCCNCc1cnc(-c2ncccc2CC)[nH]1. The van der Waals surface area contributed by atoms with E-state index in [0.29, 0.717) is 0 Å². The molecule has 2 aromatic heterocycles. The number of aromatic nitrogens is 3. The Morgan fingerprint density at radius 2 is 2.17 bits per heavy atom. The van der Waals surface area contributed by atoms with Gasteiger partial charge < -0.3 is 10.3 Å². The molecule has 0 bridgehead atoms. The zero-order chi connectivity index (χ0) is 12.8. The summed E-state index contributed by atoms with van der Waals surface area (Å²) in [4.78, 5) is 12.2. The zero-order valence-electron chi connectivity index (χ0n) is 11.0. The molecule has 0 radical (unpaired) electrons. The molecule has 2 N–H and O–H groups in total. The minimum absolute atomic E-state index is 0.829. The number of rotatable bonds is 6. The number of aryl methyl sites for hydroxylation is 1. The van der Waals surface area contributed by atoms with Crippen molar-refractivity contribution in [1.29, 1.82) is 0 Å². The van der Waals surface area contributed by atoms with E-state index >= 15 is 0 Å². The van der Waals surface area contributed by atoms with Crippen molar-refractivity contribution < 1.29 is 0 Å². The van der Waals surface area contributed by atoms with Crippen LogP contribution < -0.4 is 5.32 Å². The second-order valence-electron chi connectivity index (χ2n) is 4.30.